The topological polar surface area (TPSA) is 90.4 Å². The predicted octanol–water partition coefficient (Wildman–Crippen LogP) is 2.30. The Morgan fingerprint density at radius 2 is 2.20 bits per heavy atom. The third kappa shape index (κ3) is 3.24. The number of phenols is 1. The lowest BCUT2D eigenvalue weighted by molar-refractivity contribution is 0.472. The fourth-order valence-electron chi connectivity index (χ4n) is 1.47. The Bertz CT molecular complexity index is 725. The molecule has 6 nitrogen and oxygen atoms in total. The maximum Gasteiger partial charge on any atom is 0.255 e. The van der Waals surface area contributed by atoms with Gasteiger partial charge in [-0.2, -0.15) is 5.10 Å². The van der Waals surface area contributed by atoms with Crippen LogP contribution in [-0.2, 0) is 0 Å². The lowest BCUT2D eigenvalue weighted by atomic mass is 10.2. The number of hydrogen-bond donors (Lipinski definition) is 3. The highest BCUT2D eigenvalue weighted by molar-refractivity contribution is 9.10. The molecule has 0 saturated carbocycles. The summed E-state index contributed by atoms with van der Waals surface area (Å²) in [6.45, 7) is 3.47. The van der Waals surface area contributed by atoms with E-state index in [4.69, 9.17) is 0 Å². The first-order chi connectivity index (χ1) is 9.47. The molecule has 0 unspecified atom stereocenters. The van der Waals surface area contributed by atoms with Crippen LogP contribution in [0.25, 0.3) is 0 Å². The van der Waals surface area contributed by atoms with Gasteiger partial charge in [-0.3, -0.25) is 9.78 Å². The normalized spacial score (nSPS) is 10.9. The number of nitrogens with zero attached hydrogens (tertiary/aromatic N) is 2. The molecule has 0 spiro atoms. The molecule has 0 radical (unpaired) electrons. The Balaban J connectivity index is 2.14. The lowest BCUT2D eigenvalue weighted by Gasteiger charge is -2.03. The molecule has 0 fully saturated rings. The molecule has 0 bridgehead atoms. The summed E-state index contributed by atoms with van der Waals surface area (Å²) in [6, 6.07) is 4.99. The molecule has 1 aromatic carbocycles. The summed E-state index contributed by atoms with van der Waals surface area (Å²) in [7, 11) is 0. The first kappa shape index (κ1) is 14.3. The average Bonchev–Trinajstić information content (AvgIpc) is 2.40. The number of aryl methyl sites for hydroxylation is 1. The van der Waals surface area contributed by atoms with E-state index in [-0.39, 0.29) is 17.3 Å². The largest absolute Gasteiger partial charge is 0.507 e. The van der Waals surface area contributed by atoms with Gasteiger partial charge in [0, 0.05) is 11.3 Å². The molecule has 3 N–H and O–H groups in total. The van der Waals surface area contributed by atoms with Crippen molar-refractivity contribution in [3.63, 3.8) is 0 Å². The molecule has 1 aromatic heterocycles. The molecular weight excluding hydrogens is 324 g/mol. The van der Waals surface area contributed by atoms with E-state index in [1.54, 1.807) is 38.3 Å². The van der Waals surface area contributed by atoms with Crippen molar-refractivity contribution < 1.29 is 5.11 Å². The Morgan fingerprint density at radius 3 is 2.85 bits per heavy atom. The van der Waals surface area contributed by atoms with Crippen molar-refractivity contribution in [2.45, 2.75) is 13.8 Å². The molecule has 2 rings (SSSR count). The number of aromatic nitrogens is 2. The Kier molecular flexibility index (Phi) is 4.19. The van der Waals surface area contributed by atoms with E-state index >= 15 is 0 Å². The van der Waals surface area contributed by atoms with Gasteiger partial charge >= 0.3 is 0 Å². The van der Waals surface area contributed by atoms with Gasteiger partial charge in [-0.1, -0.05) is 0 Å². The van der Waals surface area contributed by atoms with Gasteiger partial charge in [-0.15, -0.1) is 0 Å². The number of H-pyrrole nitrogens is 1. The zero-order chi connectivity index (χ0) is 14.7. The zero-order valence-electron chi connectivity index (χ0n) is 10.9. The van der Waals surface area contributed by atoms with Crippen molar-refractivity contribution in [2.75, 3.05) is 5.43 Å². The Labute approximate surface area is 123 Å². The van der Waals surface area contributed by atoms with Crippen molar-refractivity contribution in [2.24, 2.45) is 5.10 Å². The van der Waals surface area contributed by atoms with E-state index in [0.29, 0.717) is 15.7 Å². The maximum absolute atomic E-state index is 11.6. The molecule has 0 saturated heterocycles. The number of phenolic OH excluding ortho intramolecular Hbond substituents is 1. The summed E-state index contributed by atoms with van der Waals surface area (Å²) < 4.78 is 0.583. The van der Waals surface area contributed by atoms with Crippen LogP contribution in [0.4, 0.5) is 5.95 Å². The van der Waals surface area contributed by atoms with Crippen molar-refractivity contribution in [1.82, 2.24) is 9.97 Å². The van der Waals surface area contributed by atoms with Crippen LogP contribution in [-0.4, -0.2) is 21.3 Å². The van der Waals surface area contributed by atoms with Crippen LogP contribution in [0.1, 0.15) is 16.8 Å². The minimum atomic E-state index is -0.192. The minimum Gasteiger partial charge on any atom is -0.507 e. The highest BCUT2D eigenvalue weighted by Gasteiger charge is 2.02. The van der Waals surface area contributed by atoms with Crippen LogP contribution in [0.5, 0.6) is 5.75 Å². The second kappa shape index (κ2) is 5.87. The van der Waals surface area contributed by atoms with Gasteiger partial charge in [-0.05, 0) is 53.5 Å². The lowest BCUT2D eigenvalue weighted by Crippen LogP contribution is -2.15. The summed E-state index contributed by atoms with van der Waals surface area (Å²) in [5, 5.41) is 13.4. The maximum atomic E-state index is 11.6. The molecule has 2 aromatic rings. The van der Waals surface area contributed by atoms with E-state index < -0.39 is 0 Å². The van der Waals surface area contributed by atoms with Gasteiger partial charge in [0.1, 0.15) is 5.75 Å². The third-order valence-electron chi connectivity index (χ3n) is 2.75. The smallest absolute Gasteiger partial charge is 0.255 e. The second-order valence-electron chi connectivity index (χ2n) is 4.21. The van der Waals surface area contributed by atoms with E-state index in [9.17, 15) is 9.90 Å². The number of nitrogens with one attached hydrogen (secondary N) is 2. The van der Waals surface area contributed by atoms with Gasteiger partial charge in [0.05, 0.1) is 10.7 Å². The molecule has 0 amide bonds. The number of anilines is 1. The van der Waals surface area contributed by atoms with E-state index in [1.807, 2.05) is 0 Å². The number of hydrazone groups is 1. The second-order valence-corrected chi connectivity index (χ2v) is 5.06. The molecule has 0 aliphatic heterocycles. The average molecular weight is 337 g/mol. The van der Waals surface area contributed by atoms with Crippen molar-refractivity contribution in [1.29, 1.82) is 0 Å². The fourth-order valence-corrected chi connectivity index (χ4v) is 1.87. The SMILES string of the molecule is Cc1nc(N/N=C\c2ccc(O)c(Br)c2)[nH]c(=O)c1C. The van der Waals surface area contributed by atoms with Gasteiger partial charge in [-0.25, -0.2) is 10.4 Å². The molecule has 0 atom stereocenters. The quantitative estimate of drug-likeness (QED) is 0.592. The molecule has 0 aliphatic carbocycles. The van der Waals surface area contributed by atoms with Crippen molar-refractivity contribution in [3.8, 4) is 5.75 Å². The molecule has 20 heavy (non-hydrogen) atoms. The van der Waals surface area contributed by atoms with E-state index in [0.717, 1.165) is 5.56 Å². The summed E-state index contributed by atoms with van der Waals surface area (Å²) >= 11 is 3.22. The van der Waals surface area contributed by atoms with Gasteiger partial charge in [0.15, 0.2) is 0 Å². The van der Waals surface area contributed by atoms with Crippen LogP contribution < -0.4 is 11.0 Å². The third-order valence-corrected chi connectivity index (χ3v) is 3.39. The predicted molar refractivity (Wildman–Crippen MR) is 81.4 cm³/mol. The monoisotopic (exact) mass is 336 g/mol. The first-order valence-corrected chi connectivity index (χ1v) is 6.62. The molecule has 7 heteroatoms. The Hall–Kier alpha value is -2.15. The van der Waals surface area contributed by atoms with Gasteiger partial charge in [0.25, 0.3) is 5.56 Å². The molecule has 1 heterocycles. The van der Waals surface area contributed by atoms with Crippen LogP contribution in [0.15, 0.2) is 32.6 Å². The van der Waals surface area contributed by atoms with Crippen LogP contribution in [0.2, 0.25) is 0 Å². The zero-order valence-corrected chi connectivity index (χ0v) is 12.5. The summed E-state index contributed by atoms with van der Waals surface area (Å²) in [6.07, 6.45) is 1.55. The summed E-state index contributed by atoms with van der Waals surface area (Å²) in [4.78, 5) is 18.3. The highest BCUT2D eigenvalue weighted by Crippen LogP contribution is 2.23. The van der Waals surface area contributed by atoms with Crippen LogP contribution >= 0.6 is 15.9 Å². The van der Waals surface area contributed by atoms with E-state index in [1.165, 1.54) is 0 Å². The number of aromatic amines is 1. The van der Waals surface area contributed by atoms with Gasteiger partial charge in [0.2, 0.25) is 5.95 Å². The van der Waals surface area contributed by atoms with Crippen LogP contribution in [0.3, 0.4) is 0 Å². The highest BCUT2D eigenvalue weighted by atomic mass is 79.9. The number of benzene rings is 1. The Morgan fingerprint density at radius 1 is 1.45 bits per heavy atom. The first-order valence-electron chi connectivity index (χ1n) is 5.82. The van der Waals surface area contributed by atoms with E-state index in [2.05, 4.69) is 36.4 Å². The number of aromatic hydroxyl groups is 1. The number of rotatable bonds is 3. The van der Waals surface area contributed by atoms with Crippen LogP contribution in [0, 0.1) is 13.8 Å². The summed E-state index contributed by atoms with van der Waals surface area (Å²) in [5.41, 5.74) is 4.49. The number of halogens is 1. The summed E-state index contributed by atoms with van der Waals surface area (Å²) in [5.74, 6) is 0.447. The minimum absolute atomic E-state index is 0.162. The molecule has 0 aliphatic rings. The number of hydrogen-bond acceptors (Lipinski definition) is 5. The van der Waals surface area contributed by atoms with Crippen molar-refractivity contribution >= 4 is 28.1 Å². The van der Waals surface area contributed by atoms with Gasteiger partial charge < -0.3 is 5.11 Å². The fraction of sp³-hybridized carbons (Fsp3) is 0.154. The van der Waals surface area contributed by atoms with Crippen molar-refractivity contribution in [3.05, 3.63) is 49.8 Å². The molecule has 104 valence electrons. The molecular formula is C13H13BrN4O2. The standard InChI is InChI=1S/C13H13BrN4O2/c1-7-8(2)16-13(17-12(7)20)18-15-6-9-3-4-11(19)10(14)5-9/h3-6,19H,1-2H3,(H2,16,17,18,20)/b15-6-.